The van der Waals surface area contributed by atoms with Crippen molar-refractivity contribution >= 4 is 23.9 Å². The second-order valence-corrected chi connectivity index (χ2v) is 18.1. The number of ether oxygens (including phenoxy) is 5. The lowest BCUT2D eigenvalue weighted by Gasteiger charge is -2.40. The van der Waals surface area contributed by atoms with E-state index in [0.29, 0.717) is 25.7 Å². The minimum absolute atomic E-state index is 0.0288. The van der Waals surface area contributed by atoms with Crippen molar-refractivity contribution in [2.24, 2.45) is 0 Å². The molecule has 12 heteroatoms. The maximum absolute atomic E-state index is 13.1. The number of aliphatic hydroxyl groups excluding tert-OH is 2. The second-order valence-electron chi connectivity index (χ2n) is 18.1. The van der Waals surface area contributed by atoms with Crippen LogP contribution in [0.3, 0.4) is 0 Å². The first-order valence-corrected chi connectivity index (χ1v) is 27.5. The van der Waals surface area contributed by atoms with Crippen LogP contribution in [-0.4, -0.2) is 89.2 Å². The molecule has 1 aliphatic heterocycles. The summed E-state index contributed by atoms with van der Waals surface area (Å²) in [6.07, 6.45) is 53.7. The van der Waals surface area contributed by atoms with Crippen LogP contribution in [0.4, 0.5) is 0 Å². The number of hydrogen-bond acceptors (Lipinski definition) is 11. The third kappa shape index (κ3) is 38.4. The molecule has 0 aliphatic carbocycles. The average Bonchev–Trinajstić information content (AvgIpc) is 3.37. The van der Waals surface area contributed by atoms with E-state index in [1.807, 2.05) is 30.4 Å². The molecule has 0 bridgehead atoms. The number of rotatable bonds is 44. The molecular formula is C61H94O12. The molecule has 1 aliphatic rings. The zero-order valence-corrected chi connectivity index (χ0v) is 44.8. The monoisotopic (exact) mass is 1020 g/mol. The Kier molecular flexibility index (Phi) is 43.6. The maximum Gasteiger partial charge on any atom is 0.335 e. The van der Waals surface area contributed by atoms with E-state index in [1.54, 1.807) is 6.08 Å². The number of hydrogen-bond donors (Lipinski definition) is 3. The van der Waals surface area contributed by atoms with E-state index in [0.717, 1.165) is 83.5 Å². The summed E-state index contributed by atoms with van der Waals surface area (Å²) < 4.78 is 28.1. The Bertz CT molecular complexity index is 1730. The molecule has 1 fully saturated rings. The number of esters is 3. The van der Waals surface area contributed by atoms with Gasteiger partial charge in [0.2, 0.25) is 0 Å². The highest BCUT2D eigenvalue weighted by atomic mass is 16.7. The molecule has 6 unspecified atom stereocenters. The standard InChI is InChI=1S/C61H94O12/c1-4-7-10-13-16-19-22-25-27-30-32-35-38-41-44-47-53(62)69-50-52(71-54(63)48-45-42-39-36-34-31-28-26-23-20-17-14-11-8-5-2)51-70-61-59(57(66)56(65)58(73-61)60(67)68)72-55(64)49-46-43-40-37-33-29-24-21-18-15-12-9-6-3/h7,9-10,12,16,18-19,21,25-29,32-33,35,40-41,43-44,52,56-59,61,65-66H,4-6,8,11,13-15,17,20,22-24,30-31,34,36-39,42,45-51H2,1-3H3,(H,67,68)/b10-7-,12-9-,19-16-,21-18-,27-25-,28-26-,33-29-,35-32-,43-40-,44-41-. The van der Waals surface area contributed by atoms with Gasteiger partial charge in [-0.25, -0.2) is 4.79 Å². The summed E-state index contributed by atoms with van der Waals surface area (Å²) in [6.45, 7) is 5.59. The van der Waals surface area contributed by atoms with E-state index >= 15 is 0 Å². The number of allylic oxidation sites excluding steroid dienone is 19. The maximum atomic E-state index is 13.1. The second kappa shape index (κ2) is 48.1. The van der Waals surface area contributed by atoms with Crippen molar-refractivity contribution < 1.29 is 58.2 Å². The number of carboxylic acid groups (broad SMARTS) is 1. The third-order valence-electron chi connectivity index (χ3n) is 11.6. The fourth-order valence-corrected chi connectivity index (χ4v) is 7.39. The van der Waals surface area contributed by atoms with Crippen LogP contribution in [0.1, 0.15) is 188 Å². The molecule has 6 atom stereocenters. The quantitative estimate of drug-likeness (QED) is 0.0228. The molecule has 1 heterocycles. The first-order valence-electron chi connectivity index (χ1n) is 27.5. The van der Waals surface area contributed by atoms with Gasteiger partial charge in [0.15, 0.2) is 24.6 Å². The number of carbonyl (C=O) groups is 4. The van der Waals surface area contributed by atoms with Gasteiger partial charge in [-0.3, -0.25) is 14.4 Å². The lowest BCUT2D eigenvalue weighted by atomic mass is 9.98. The topological polar surface area (TPSA) is 175 Å². The first kappa shape index (κ1) is 66.1. The van der Waals surface area contributed by atoms with Gasteiger partial charge in [-0.2, -0.15) is 0 Å². The van der Waals surface area contributed by atoms with Crippen LogP contribution in [0.25, 0.3) is 0 Å². The van der Waals surface area contributed by atoms with Crippen LogP contribution in [-0.2, 0) is 42.9 Å². The molecule has 410 valence electrons. The van der Waals surface area contributed by atoms with Crippen molar-refractivity contribution in [3.63, 3.8) is 0 Å². The Morgan fingerprint density at radius 3 is 1.44 bits per heavy atom. The fourth-order valence-electron chi connectivity index (χ4n) is 7.39. The molecule has 3 N–H and O–H groups in total. The average molecular weight is 1020 g/mol. The van der Waals surface area contributed by atoms with Crippen molar-refractivity contribution in [1.82, 2.24) is 0 Å². The zero-order valence-electron chi connectivity index (χ0n) is 44.8. The Balaban J connectivity index is 2.83. The largest absolute Gasteiger partial charge is 0.479 e. The molecule has 0 aromatic rings. The molecule has 0 amide bonds. The van der Waals surface area contributed by atoms with E-state index < -0.39 is 67.3 Å². The molecule has 1 saturated heterocycles. The van der Waals surface area contributed by atoms with E-state index in [1.165, 1.54) is 38.5 Å². The Hall–Kier alpha value is -4.88. The van der Waals surface area contributed by atoms with Gasteiger partial charge in [-0.15, -0.1) is 0 Å². The molecule has 0 radical (unpaired) electrons. The lowest BCUT2D eigenvalue weighted by molar-refractivity contribution is -0.301. The predicted octanol–water partition coefficient (Wildman–Crippen LogP) is 13.7. The van der Waals surface area contributed by atoms with Crippen molar-refractivity contribution in [2.75, 3.05) is 13.2 Å². The summed E-state index contributed by atoms with van der Waals surface area (Å²) in [7, 11) is 0. The molecule has 0 aromatic carbocycles. The van der Waals surface area contributed by atoms with E-state index in [9.17, 15) is 34.5 Å². The molecule has 0 aromatic heterocycles. The molecule has 0 spiro atoms. The summed E-state index contributed by atoms with van der Waals surface area (Å²) >= 11 is 0. The zero-order chi connectivity index (χ0) is 53.3. The SMILES string of the molecule is CC/C=C\C/C=C\C/C=C\C/C=C\C/C=C\CC(=O)OCC(COC1OC(C(=O)O)C(O)C(O)C1OC(=O)CC/C=C\C/C=C\C/C=C\C/C=C\CC)OC(=O)CCCCCCC/C=C\CCCCCCCC. The third-order valence-corrected chi connectivity index (χ3v) is 11.6. The number of aliphatic carboxylic acids is 1. The normalized spacial score (nSPS) is 19.3. The number of aliphatic hydroxyl groups is 2. The van der Waals surface area contributed by atoms with Gasteiger partial charge < -0.3 is 39.0 Å². The van der Waals surface area contributed by atoms with Crippen molar-refractivity contribution in [3.8, 4) is 0 Å². The van der Waals surface area contributed by atoms with Gasteiger partial charge >= 0.3 is 23.9 Å². The lowest BCUT2D eigenvalue weighted by Crippen LogP contribution is -2.61. The van der Waals surface area contributed by atoms with Crippen molar-refractivity contribution in [2.45, 2.75) is 225 Å². The summed E-state index contributed by atoms with van der Waals surface area (Å²) in [6, 6.07) is 0. The van der Waals surface area contributed by atoms with Gasteiger partial charge in [-0.1, -0.05) is 194 Å². The molecule has 1 rings (SSSR count). The van der Waals surface area contributed by atoms with E-state index in [4.69, 9.17) is 23.7 Å². The first-order chi connectivity index (χ1) is 35.6. The van der Waals surface area contributed by atoms with Crippen LogP contribution >= 0.6 is 0 Å². The van der Waals surface area contributed by atoms with Gasteiger partial charge in [0.05, 0.1) is 13.0 Å². The summed E-state index contributed by atoms with van der Waals surface area (Å²) in [5.41, 5.74) is 0. The number of carboxylic acids is 1. The van der Waals surface area contributed by atoms with Crippen molar-refractivity contribution in [1.29, 1.82) is 0 Å². The molecular weight excluding hydrogens is 925 g/mol. The summed E-state index contributed by atoms with van der Waals surface area (Å²) in [5, 5.41) is 31.4. The highest BCUT2D eigenvalue weighted by Gasteiger charge is 2.50. The predicted molar refractivity (Wildman–Crippen MR) is 293 cm³/mol. The Morgan fingerprint density at radius 2 is 0.932 bits per heavy atom. The van der Waals surface area contributed by atoms with Crippen LogP contribution in [0.2, 0.25) is 0 Å². The summed E-state index contributed by atoms with van der Waals surface area (Å²) in [4.78, 5) is 50.9. The van der Waals surface area contributed by atoms with Crippen LogP contribution in [0.15, 0.2) is 122 Å². The van der Waals surface area contributed by atoms with E-state index in [-0.39, 0.29) is 25.9 Å². The molecule has 73 heavy (non-hydrogen) atoms. The van der Waals surface area contributed by atoms with Crippen LogP contribution in [0, 0.1) is 0 Å². The minimum atomic E-state index is -1.94. The van der Waals surface area contributed by atoms with Gasteiger partial charge in [0.25, 0.3) is 0 Å². The van der Waals surface area contributed by atoms with Gasteiger partial charge in [0, 0.05) is 12.8 Å². The fraction of sp³-hybridized carbons (Fsp3) is 0.607. The minimum Gasteiger partial charge on any atom is -0.479 e. The van der Waals surface area contributed by atoms with Crippen LogP contribution in [0.5, 0.6) is 0 Å². The molecule has 0 saturated carbocycles. The Labute approximate surface area is 439 Å². The number of unbranched alkanes of at least 4 members (excludes halogenated alkanes) is 11. The van der Waals surface area contributed by atoms with E-state index in [2.05, 4.69) is 106 Å². The number of carbonyl (C=O) groups excluding carboxylic acids is 3. The Morgan fingerprint density at radius 1 is 0.479 bits per heavy atom. The molecule has 12 nitrogen and oxygen atoms in total. The highest BCUT2D eigenvalue weighted by Crippen LogP contribution is 2.26. The highest BCUT2D eigenvalue weighted by molar-refractivity contribution is 5.74. The smallest absolute Gasteiger partial charge is 0.335 e. The summed E-state index contributed by atoms with van der Waals surface area (Å²) in [5.74, 6) is -3.42. The van der Waals surface area contributed by atoms with Crippen molar-refractivity contribution in [3.05, 3.63) is 122 Å². The van der Waals surface area contributed by atoms with Gasteiger partial charge in [0.1, 0.15) is 18.8 Å². The van der Waals surface area contributed by atoms with Gasteiger partial charge in [-0.05, 0) is 96.3 Å². The van der Waals surface area contributed by atoms with Crippen LogP contribution < -0.4 is 0 Å².